The molecule has 0 saturated heterocycles. The second kappa shape index (κ2) is 5.17. The molecule has 1 aromatic rings. The Labute approximate surface area is 88.5 Å². The van der Waals surface area contributed by atoms with Crippen molar-refractivity contribution in [3.63, 3.8) is 0 Å². The average Bonchev–Trinajstić information content (AvgIpc) is 2.27. The van der Waals surface area contributed by atoms with Crippen LogP contribution >= 0.6 is 0 Å². The predicted molar refractivity (Wildman–Crippen MR) is 60.3 cm³/mol. The van der Waals surface area contributed by atoms with Crippen molar-refractivity contribution in [3.05, 3.63) is 35.4 Å². The van der Waals surface area contributed by atoms with Gasteiger partial charge >= 0.3 is 5.97 Å². The number of carbonyl (C=O) groups is 1. The van der Waals surface area contributed by atoms with Gasteiger partial charge in [-0.15, -0.1) is 0 Å². The number of hydrogen-bond donors (Lipinski definition) is 2. The van der Waals surface area contributed by atoms with Crippen LogP contribution in [0.4, 0.5) is 5.69 Å². The van der Waals surface area contributed by atoms with Crippen LogP contribution in [0.25, 0.3) is 6.08 Å². The van der Waals surface area contributed by atoms with E-state index in [1.807, 2.05) is 6.07 Å². The highest BCUT2D eigenvalue weighted by molar-refractivity contribution is 5.97. The van der Waals surface area contributed by atoms with Crippen molar-refractivity contribution >= 4 is 17.7 Å². The van der Waals surface area contributed by atoms with E-state index in [4.69, 9.17) is 11.5 Å². The fraction of sp³-hybridized carbons (Fsp3) is 0.182. The number of nitrogens with two attached hydrogens (primary N) is 2. The first-order valence-corrected chi connectivity index (χ1v) is 4.54. The number of ether oxygens (including phenoxy) is 1. The molecular formula is C11H14N2O2. The van der Waals surface area contributed by atoms with Gasteiger partial charge in [-0.1, -0.05) is 24.3 Å². The fourth-order valence-corrected chi connectivity index (χ4v) is 1.21. The van der Waals surface area contributed by atoms with Crippen molar-refractivity contribution in [2.45, 2.75) is 0 Å². The summed E-state index contributed by atoms with van der Waals surface area (Å²) >= 11 is 0. The maximum absolute atomic E-state index is 11.3. The normalized spacial score (nSPS) is 10.5. The summed E-state index contributed by atoms with van der Waals surface area (Å²) in [4.78, 5) is 11.3. The van der Waals surface area contributed by atoms with Gasteiger partial charge in [-0.25, -0.2) is 4.79 Å². The standard InChI is InChI=1S/C11H14N2O2/c1-15-11(14)9-6-2-4-8(10(9)13)5-3-7-12/h2-6H,7,12-13H2,1H3. The quantitative estimate of drug-likeness (QED) is 0.572. The van der Waals surface area contributed by atoms with Crippen molar-refractivity contribution in [2.24, 2.45) is 5.73 Å². The van der Waals surface area contributed by atoms with Gasteiger partial charge in [-0.3, -0.25) is 0 Å². The third-order valence-corrected chi connectivity index (χ3v) is 1.98. The first-order chi connectivity index (χ1) is 7.20. The lowest BCUT2D eigenvalue weighted by Gasteiger charge is -2.06. The van der Waals surface area contributed by atoms with E-state index in [-0.39, 0.29) is 0 Å². The van der Waals surface area contributed by atoms with Crippen LogP contribution in [-0.4, -0.2) is 19.6 Å². The van der Waals surface area contributed by atoms with E-state index in [0.29, 0.717) is 17.8 Å². The highest BCUT2D eigenvalue weighted by Crippen LogP contribution is 2.19. The first kappa shape index (κ1) is 11.3. The molecule has 0 aromatic heterocycles. The van der Waals surface area contributed by atoms with Gasteiger partial charge in [0.1, 0.15) is 0 Å². The van der Waals surface area contributed by atoms with Crippen molar-refractivity contribution in [1.82, 2.24) is 0 Å². The van der Waals surface area contributed by atoms with Gasteiger partial charge in [0.15, 0.2) is 0 Å². The maximum atomic E-state index is 11.3. The molecule has 1 aromatic carbocycles. The second-order valence-corrected chi connectivity index (χ2v) is 2.94. The van der Waals surface area contributed by atoms with Gasteiger partial charge in [0, 0.05) is 6.54 Å². The molecule has 0 atom stereocenters. The van der Waals surface area contributed by atoms with Crippen molar-refractivity contribution in [2.75, 3.05) is 19.4 Å². The molecule has 0 unspecified atom stereocenters. The molecule has 0 aliphatic rings. The van der Waals surface area contributed by atoms with Crippen LogP contribution in [0.1, 0.15) is 15.9 Å². The van der Waals surface area contributed by atoms with Crippen LogP contribution in [0, 0.1) is 0 Å². The van der Waals surface area contributed by atoms with Crippen LogP contribution in [-0.2, 0) is 4.74 Å². The summed E-state index contributed by atoms with van der Waals surface area (Å²) in [5.41, 5.74) is 12.7. The predicted octanol–water partition coefficient (Wildman–Crippen LogP) is 1.03. The van der Waals surface area contributed by atoms with E-state index in [1.54, 1.807) is 24.3 Å². The molecule has 0 radical (unpaired) electrons. The SMILES string of the molecule is COC(=O)c1cccc(C=CCN)c1N. The minimum Gasteiger partial charge on any atom is -0.465 e. The number of nitrogen functional groups attached to an aromatic ring is 1. The molecule has 0 amide bonds. The monoisotopic (exact) mass is 206 g/mol. The number of carbonyl (C=O) groups excluding carboxylic acids is 1. The van der Waals surface area contributed by atoms with Crippen LogP contribution in [0.3, 0.4) is 0 Å². The molecule has 4 nitrogen and oxygen atoms in total. The molecule has 15 heavy (non-hydrogen) atoms. The molecule has 0 spiro atoms. The molecule has 1 rings (SSSR count). The lowest BCUT2D eigenvalue weighted by Crippen LogP contribution is -2.06. The lowest BCUT2D eigenvalue weighted by atomic mass is 10.1. The number of rotatable bonds is 3. The molecule has 80 valence electrons. The summed E-state index contributed by atoms with van der Waals surface area (Å²) in [5.74, 6) is -0.435. The zero-order chi connectivity index (χ0) is 11.3. The minimum atomic E-state index is -0.435. The van der Waals surface area contributed by atoms with Crippen LogP contribution in [0.5, 0.6) is 0 Å². The summed E-state index contributed by atoms with van der Waals surface area (Å²) < 4.78 is 4.61. The van der Waals surface area contributed by atoms with Gasteiger partial charge < -0.3 is 16.2 Å². The van der Waals surface area contributed by atoms with Crippen LogP contribution in [0.15, 0.2) is 24.3 Å². The van der Waals surface area contributed by atoms with Gasteiger partial charge in [0.05, 0.1) is 18.4 Å². The summed E-state index contributed by atoms with van der Waals surface area (Å²) in [5, 5.41) is 0. The fourth-order valence-electron chi connectivity index (χ4n) is 1.21. The van der Waals surface area contributed by atoms with Gasteiger partial charge in [0.2, 0.25) is 0 Å². The molecule has 0 aliphatic carbocycles. The van der Waals surface area contributed by atoms with E-state index in [1.165, 1.54) is 7.11 Å². The first-order valence-electron chi connectivity index (χ1n) is 4.54. The Balaban J connectivity index is 3.11. The highest BCUT2D eigenvalue weighted by Gasteiger charge is 2.10. The highest BCUT2D eigenvalue weighted by atomic mass is 16.5. The molecular weight excluding hydrogens is 192 g/mol. The third-order valence-electron chi connectivity index (χ3n) is 1.98. The summed E-state index contributed by atoms with van der Waals surface area (Å²) in [6.07, 6.45) is 3.55. The van der Waals surface area contributed by atoms with E-state index in [0.717, 1.165) is 5.56 Å². The van der Waals surface area contributed by atoms with E-state index < -0.39 is 5.97 Å². The Morgan fingerprint density at radius 2 is 2.27 bits per heavy atom. The molecule has 4 heteroatoms. The lowest BCUT2D eigenvalue weighted by molar-refractivity contribution is 0.0602. The minimum absolute atomic E-state index is 0.372. The number of methoxy groups -OCH3 is 1. The second-order valence-electron chi connectivity index (χ2n) is 2.94. The van der Waals surface area contributed by atoms with E-state index in [2.05, 4.69) is 4.74 Å². The Kier molecular flexibility index (Phi) is 3.88. The van der Waals surface area contributed by atoms with Gasteiger partial charge in [0.25, 0.3) is 0 Å². The average molecular weight is 206 g/mol. The molecule has 0 aliphatic heterocycles. The third kappa shape index (κ3) is 2.57. The van der Waals surface area contributed by atoms with Crippen molar-refractivity contribution in [3.8, 4) is 0 Å². The molecule has 0 heterocycles. The number of para-hydroxylation sites is 1. The molecule has 0 saturated carbocycles. The number of hydrogen-bond acceptors (Lipinski definition) is 4. The van der Waals surface area contributed by atoms with E-state index >= 15 is 0 Å². The number of esters is 1. The Morgan fingerprint density at radius 3 is 2.87 bits per heavy atom. The summed E-state index contributed by atoms with van der Waals surface area (Å²) in [6.45, 7) is 0.432. The molecule has 0 fully saturated rings. The maximum Gasteiger partial charge on any atom is 0.339 e. The Bertz CT molecular complexity index is 386. The van der Waals surface area contributed by atoms with Crippen molar-refractivity contribution in [1.29, 1.82) is 0 Å². The summed E-state index contributed by atoms with van der Waals surface area (Å²) in [7, 11) is 1.32. The van der Waals surface area contributed by atoms with E-state index in [9.17, 15) is 4.79 Å². The van der Waals surface area contributed by atoms with Crippen molar-refractivity contribution < 1.29 is 9.53 Å². The van der Waals surface area contributed by atoms with Crippen LogP contribution in [0.2, 0.25) is 0 Å². The molecule has 4 N–H and O–H groups in total. The largest absolute Gasteiger partial charge is 0.465 e. The zero-order valence-corrected chi connectivity index (χ0v) is 8.57. The number of benzene rings is 1. The summed E-state index contributed by atoms with van der Waals surface area (Å²) in [6, 6.07) is 5.19. The topological polar surface area (TPSA) is 78.3 Å². The number of anilines is 1. The van der Waals surface area contributed by atoms with Gasteiger partial charge in [-0.2, -0.15) is 0 Å². The zero-order valence-electron chi connectivity index (χ0n) is 8.57. The smallest absolute Gasteiger partial charge is 0.339 e. The molecule has 0 bridgehead atoms. The Morgan fingerprint density at radius 1 is 1.53 bits per heavy atom. The van der Waals surface area contributed by atoms with Gasteiger partial charge in [-0.05, 0) is 11.6 Å². The Hall–Kier alpha value is -1.81. The van der Waals surface area contributed by atoms with Crippen LogP contribution < -0.4 is 11.5 Å².